The van der Waals surface area contributed by atoms with Crippen LogP contribution in [0.2, 0.25) is 0 Å². The molecule has 3 aromatic rings. The topological polar surface area (TPSA) is 120 Å². The first-order valence-electron chi connectivity index (χ1n) is 12.5. The minimum absolute atomic E-state index is 0.00503. The van der Waals surface area contributed by atoms with Gasteiger partial charge in [0.1, 0.15) is 34.5 Å². The predicted octanol–water partition coefficient (Wildman–Crippen LogP) is 4.43. The molecule has 0 unspecified atom stereocenters. The lowest BCUT2D eigenvalue weighted by Crippen LogP contribution is -2.39. The Kier molecular flexibility index (Phi) is 7.45. The Morgan fingerprint density at radius 3 is 2.45 bits per heavy atom. The largest absolute Gasteiger partial charge is 0.390 e. The van der Waals surface area contributed by atoms with Gasteiger partial charge in [0.25, 0.3) is 5.56 Å². The Morgan fingerprint density at radius 1 is 1.16 bits per heavy atom. The molecule has 0 saturated heterocycles. The van der Waals surface area contributed by atoms with Crippen molar-refractivity contribution in [3.8, 4) is 12.1 Å². The van der Waals surface area contributed by atoms with E-state index in [1.807, 2.05) is 38.8 Å². The normalized spacial score (nSPS) is 18.1. The van der Waals surface area contributed by atoms with Gasteiger partial charge in [-0.2, -0.15) is 14.9 Å². The Hall–Kier alpha value is -4.31. The molecule has 9 nitrogen and oxygen atoms in total. The summed E-state index contributed by atoms with van der Waals surface area (Å²) in [6.07, 6.45) is 4.51. The van der Waals surface area contributed by atoms with Gasteiger partial charge in [0.05, 0.1) is 16.9 Å². The van der Waals surface area contributed by atoms with Gasteiger partial charge in [0, 0.05) is 37.8 Å². The highest BCUT2D eigenvalue weighted by Crippen LogP contribution is 2.35. The maximum absolute atomic E-state index is 13.5. The molecule has 0 spiro atoms. The summed E-state index contributed by atoms with van der Waals surface area (Å²) in [5, 5.41) is 23.8. The zero-order chi connectivity index (χ0) is 27.6. The van der Waals surface area contributed by atoms with Crippen LogP contribution in [0.5, 0.6) is 0 Å². The molecule has 1 aliphatic rings. The number of nitrogens with zero attached hydrogens (tertiary/aromatic N) is 7. The number of anilines is 1. The minimum atomic E-state index is -0.558. The molecule has 0 aliphatic heterocycles. The van der Waals surface area contributed by atoms with Crippen molar-refractivity contribution < 1.29 is 9.23 Å². The molecule has 3 heterocycles. The molecule has 10 heteroatoms. The maximum atomic E-state index is 13.5. The van der Waals surface area contributed by atoms with Crippen molar-refractivity contribution in [1.29, 1.82) is 10.5 Å². The number of aryl methyl sites for hydroxylation is 1. The van der Waals surface area contributed by atoms with Crippen LogP contribution in [0.15, 0.2) is 40.4 Å². The number of oxime groups is 1. The third kappa shape index (κ3) is 5.35. The third-order valence-electron chi connectivity index (χ3n) is 6.87. The van der Waals surface area contributed by atoms with Crippen LogP contribution in [0.3, 0.4) is 0 Å². The molecule has 0 amide bonds. The van der Waals surface area contributed by atoms with E-state index in [0.29, 0.717) is 22.3 Å². The minimum Gasteiger partial charge on any atom is -0.390 e. The van der Waals surface area contributed by atoms with Crippen molar-refractivity contribution >= 4 is 22.4 Å². The second kappa shape index (κ2) is 10.6. The molecule has 0 bridgehead atoms. The lowest BCUT2D eigenvalue weighted by atomic mass is 9.80. The Morgan fingerprint density at radius 2 is 1.87 bits per heavy atom. The first-order chi connectivity index (χ1) is 18.0. The smallest absolute Gasteiger partial charge is 0.270 e. The monoisotopic (exact) mass is 515 g/mol. The summed E-state index contributed by atoms with van der Waals surface area (Å²) in [6.45, 7) is 5.74. The number of aromatic nitrogens is 3. The van der Waals surface area contributed by atoms with Crippen molar-refractivity contribution in [2.24, 2.45) is 18.1 Å². The van der Waals surface area contributed by atoms with Gasteiger partial charge in [-0.25, -0.2) is 9.97 Å². The van der Waals surface area contributed by atoms with Gasteiger partial charge in [0.2, 0.25) is 5.95 Å². The first-order valence-corrected chi connectivity index (χ1v) is 12.5. The third-order valence-corrected chi connectivity index (χ3v) is 6.87. The summed E-state index contributed by atoms with van der Waals surface area (Å²) in [7, 11) is 3.46. The molecular formula is C28H30FN7O2. The molecule has 0 N–H and O–H groups in total. The summed E-state index contributed by atoms with van der Waals surface area (Å²) in [6, 6.07) is 10.4. The van der Waals surface area contributed by atoms with Crippen LogP contribution in [0.25, 0.3) is 11.0 Å². The van der Waals surface area contributed by atoms with E-state index in [1.54, 1.807) is 25.2 Å². The van der Waals surface area contributed by atoms with Crippen LogP contribution in [-0.4, -0.2) is 38.9 Å². The average Bonchev–Trinajstić information content (AvgIpc) is 2.90. The number of halogens is 1. The fourth-order valence-corrected chi connectivity index (χ4v) is 4.90. The highest BCUT2D eigenvalue weighted by molar-refractivity contribution is 6.01. The second-order valence-corrected chi connectivity index (χ2v) is 10.5. The number of nitriles is 2. The highest BCUT2D eigenvalue weighted by atomic mass is 19.1. The van der Waals surface area contributed by atoms with Crippen LogP contribution >= 0.6 is 0 Å². The molecule has 1 fully saturated rings. The Balaban J connectivity index is 1.66. The molecule has 0 radical (unpaired) electrons. The average molecular weight is 516 g/mol. The van der Waals surface area contributed by atoms with E-state index in [-0.39, 0.29) is 23.2 Å². The van der Waals surface area contributed by atoms with Gasteiger partial charge in [-0.1, -0.05) is 5.16 Å². The number of hydrogen-bond acceptors (Lipinski definition) is 8. The van der Waals surface area contributed by atoms with Gasteiger partial charge >= 0.3 is 0 Å². The fourth-order valence-electron chi connectivity index (χ4n) is 4.90. The SMILES string of the molecule is CN(c1c(C#N)c(=O)n(C)c2ccc(C#N)nc12)C1CCC(/C(=N/OC(C)(C)C)c2ccc(F)nc2)CC1. The van der Waals surface area contributed by atoms with Gasteiger partial charge in [0.15, 0.2) is 0 Å². The predicted molar refractivity (Wildman–Crippen MR) is 142 cm³/mol. The Bertz CT molecular complexity index is 1520. The zero-order valence-corrected chi connectivity index (χ0v) is 22.2. The molecular weight excluding hydrogens is 485 g/mol. The number of rotatable bonds is 5. The molecule has 196 valence electrons. The summed E-state index contributed by atoms with van der Waals surface area (Å²) >= 11 is 0. The summed E-state index contributed by atoms with van der Waals surface area (Å²) in [5.74, 6) is -0.494. The highest BCUT2D eigenvalue weighted by Gasteiger charge is 2.31. The van der Waals surface area contributed by atoms with Crippen LogP contribution in [0, 0.1) is 34.5 Å². The van der Waals surface area contributed by atoms with E-state index >= 15 is 0 Å². The number of hydrogen-bond donors (Lipinski definition) is 0. The second-order valence-electron chi connectivity index (χ2n) is 10.5. The summed E-state index contributed by atoms with van der Waals surface area (Å²) in [4.78, 5) is 29.0. The Labute approximate surface area is 220 Å². The van der Waals surface area contributed by atoms with Gasteiger partial charge in [-0.3, -0.25) is 4.79 Å². The quantitative estimate of drug-likeness (QED) is 0.280. The van der Waals surface area contributed by atoms with Gasteiger partial charge < -0.3 is 14.3 Å². The van der Waals surface area contributed by atoms with Crippen molar-refractivity contribution in [2.75, 3.05) is 11.9 Å². The van der Waals surface area contributed by atoms with Crippen molar-refractivity contribution in [3.63, 3.8) is 0 Å². The van der Waals surface area contributed by atoms with E-state index in [1.165, 1.54) is 16.8 Å². The van der Waals surface area contributed by atoms with Crippen molar-refractivity contribution in [1.82, 2.24) is 14.5 Å². The van der Waals surface area contributed by atoms with E-state index in [2.05, 4.69) is 21.2 Å². The van der Waals surface area contributed by atoms with Crippen molar-refractivity contribution in [3.05, 3.63) is 63.6 Å². The molecule has 0 aromatic carbocycles. The van der Waals surface area contributed by atoms with E-state index in [4.69, 9.17) is 4.84 Å². The molecule has 3 aromatic heterocycles. The molecule has 0 atom stereocenters. The number of pyridine rings is 3. The fraction of sp³-hybridized carbons (Fsp3) is 0.429. The van der Waals surface area contributed by atoms with E-state index in [0.717, 1.165) is 31.4 Å². The van der Waals surface area contributed by atoms with Gasteiger partial charge in [-0.15, -0.1) is 0 Å². The standard InChI is InChI=1S/C28H30FN7O2/c1-28(2,3)38-34-24(18-8-13-23(29)32-16-18)17-6-10-20(11-7-17)35(4)26-21(15-31)27(37)36(5)22-12-9-19(14-30)33-25(22)26/h8-9,12-13,16-17,20H,6-7,10-11H2,1-5H3/b34-24-. The summed E-state index contributed by atoms with van der Waals surface area (Å²) < 4.78 is 14.9. The van der Waals surface area contributed by atoms with E-state index < -0.39 is 17.1 Å². The first kappa shape index (κ1) is 26.7. The van der Waals surface area contributed by atoms with Crippen LogP contribution in [0.1, 0.15) is 63.3 Å². The molecule has 4 rings (SSSR count). The number of fused-ring (bicyclic) bond motifs is 1. The van der Waals surface area contributed by atoms with E-state index in [9.17, 15) is 19.7 Å². The van der Waals surface area contributed by atoms with Gasteiger partial charge in [-0.05, 0) is 70.7 Å². The van der Waals surface area contributed by atoms with Crippen LogP contribution in [-0.2, 0) is 11.9 Å². The van der Waals surface area contributed by atoms with Crippen LogP contribution < -0.4 is 10.5 Å². The lowest BCUT2D eigenvalue weighted by molar-refractivity contribution is -0.0000352. The van der Waals surface area contributed by atoms with Crippen molar-refractivity contribution in [2.45, 2.75) is 58.1 Å². The lowest BCUT2D eigenvalue weighted by Gasteiger charge is -2.37. The molecule has 1 aliphatic carbocycles. The molecule has 1 saturated carbocycles. The zero-order valence-electron chi connectivity index (χ0n) is 22.2. The summed E-state index contributed by atoms with van der Waals surface area (Å²) in [5.41, 5.74) is 2.22. The maximum Gasteiger partial charge on any atom is 0.270 e. The molecule has 38 heavy (non-hydrogen) atoms. The van der Waals surface area contributed by atoms with Crippen LogP contribution in [0.4, 0.5) is 10.1 Å².